The van der Waals surface area contributed by atoms with Gasteiger partial charge >= 0.3 is 0 Å². The van der Waals surface area contributed by atoms with E-state index in [0.29, 0.717) is 19.2 Å². The lowest BCUT2D eigenvalue weighted by Crippen LogP contribution is -2.41. The van der Waals surface area contributed by atoms with Crippen LogP contribution in [0.3, 0.4) is 0 Å². The molecule has 1 spiro atoms. The minimum absolute atomic E-state index is 0.169. The Hall–Kier alpha value is -0.160. The first-order chi connectivity index (χ1) is 8.15. The van der Waals surface area contributed by atoms with Gasteiger partial charge in [0.05, 0.1) is 19.3 Å². The quantitative estimate of drug-likeness (QED) is 0.792. The van der Waals surface area contributed by atoms with Gasteiger partial charge in [0.25, 0.3) is 0 Å². The Morgan fingerprint density at radius 3 is 2.65 bits per heavy atom. The Labute approximate surface area is 104 Å². The fourth-order valence-corrected chi connectivity index (χ4v) is 2.83. The Morgan fingerprint density at radius 2 is 2.06 bits per heavy atom. The monoisotopic (exact) mass is 243 g/mol. The zero-order chi connectivity index (χ0) is 12.3. The van der Waals surface area contributed by atoms with Gasteiger partial charge in [0.2, 0.25) is 0 Å². The lowest BCUT2D eigenvalue weighted by molar-refractivity contribution is -0.163. The molecule has 0 aromatic rings. The second-order valence-corrected chi connectivity index (χ2v) is 5.48. The molecular weight excluding hydrogens is 218 g/mol. The minimum atomic E-state index is -0.257. The van der Waals surface area contributed by atoms with E-state index in [-0.39, 0.29) is 18.5 Å². The highest BCUT2D eigenvalue weighted by Crippen LogP contribution is 2.39. The Bertz CT molecular complexity index is 239. The van der Waals surface area contributed by atoms with Gasteiger partial charge in [0.15, 0.2) is 5.79 Å². The molecule has 100 valence electrons. The summed E-state index contributed by atoms with van der Waals surface area (Å²) in [7, 11) is 0. The molecule has 0 aromatic carbocycles. The van der Waals surface area contributed by atoms with Crippen molar-refractivity contribution in [2.75, 3.05) is 26.3 Å². The summed E-state index contributed by atoms with van der Waals surface area (Å²) in [6, 6.07) is 0.436. The largest absolute Gasteiger partial charge is 0.395 e. The van der Waals surface area contributed by atoms with Crippen molar-refractivity contribution >= 4 is 0 Å². The van der Waals surface area contributed by atoms with E-state index in [1.807, 2.05) is 0 Å². The van der Waals surface area contributed by atoms with Gasteiger partial charge in [-0.15, -0.1) is 0 Å². The molecule has 1 unspecified atom stereocenters. The van der Waals surface area contributed by atoms with Crippen LogP contribution in [0.25, 0.3) is 0 Å². The second-order valence-electron chi connectivity index (χ2n) is 5.48. The molecule has 1 saturated carbocycles. The predicted octanol–water partition coefficient (Wildman–Crippen LogP) is 1.37. The Balaban J connectivity index is 1.83. The third kappa shape index (κ3) is 3.19. The van der Waals surface area contributed by atoms with Crippen molar-refractivity contribution in [3.8, 4) is 0 Å². The number of hydrogen-bond acceptors (Lipinski definition) is 4. The first-order valence-electron chi connectivity index (χ1n) is 6.82. The van der Waals surface area contributed by atoms with Crippen LogP contribution in [0.15, 0.2) is 0 Å². The average Bonchev–Trinajstić information content (AvgIpc) is 2.89. The summed E-state index contributed by atoms with van der Waals surface area (Å²) < 4.78 is 12.0. The maximum Gasteiger partial charge on any atom is 0.168 e. The molecule has 2 aliphatic rings. The topological polar surface area (TPSA) is 41.9 Å². The molecule has 1 aliphatic heterocycles. The van der Waals surface area contributed by atoms with E-state index < -0.39 is 0 Å². The highest BCUT2D eigenvalue weighted by atomic mass is 16.7. The zero-order valence-electron chi connectivity index (χ0n) is 11.0. The van der Waals surface area contributed by atoms with E-state index in [9.17, 15) is 0 Å². The summed E-state index contributed by atoms with van der Waals surface area (Å²) in [5.74, 6) is -0.257. The number of ether oxygens (including phenoxy) is 2. The molecule has 0 radical (unpaired) electrons. The molecule has 0 aromatic heterocycles. The van der Waals surface area contributed by atoms with E-state index in [0.717, 1.165) is 19.4 Å². The van der Waals surface area contributed by atoms with E-state index >= 15 is 0 Å². The SMILES string of the molecule is CC(C)N(CCO)CC1COC2(CCCC2)O1. The van der Waals surface area contributed by atoms with E-state index in [4.69, 9.17) is 14.6 Å². The number of aliphatic hydroxyl groups excluding tert-OH is 1. The highest BCUT2D eigenvalue weighted by molar-refractivity contribution is 4.85. The zero-order valence-corrected chi connectivity index (χ0v) is 11.0. The highest BCUT2D eigenvalue weighted by Gasteiger charge is 2.43. The first kappa shape index (κ1) is 13.3. The molecule has 1 N–H and O–H groups in total. The number of hydrogen-bond donors (Lipinski definition) is 1. The molecule has 1 aliphatic carbocycles. The number of aliphatic hydroxyl groups is 1. The van der Waals surface area contributed by atoms with Crippen molar-refractivity contribution in [2.24, 2.45) is 0 Å². The molecule has 17 heavy (non-hydrogen) atoms. The maximum atomic E-state index is 9.05. The van der Waals surface area contributed by atoms with Crippen LogP contribution in [0.4, 0.5) is 0 Å². The van der Waals surface area contributed by atoms with Crippen molar-refractivity contribution < 1.29 is 14.6 Å². The van der Waals surface area contributed by atoms with E-state index in [1.54, 1.807) is 0 Å². The fourth-order valence-electron chi connectivity index (χ4n) is 2.83. The average molecular weight is 243 g/mol. The Kier molecular flexibility index (Phi) is 4.42. The van der Waals surface area contributed by atoms with Crippen LogP contribution in [0.2, 0.25) is 0 Å². The molecule has 2 rings (SSSR count). The summed E-state index contributed by atoms with van der Waals surface area (Å²) >= 11 is 0. The summed E-state index contributed by atoms with van der Waals surface area (Å²) in [6.45, 7) is 6.78. The standard InChI is InChI=1S/C13H25NO3/c1-11(2)14(7-8-15)9-12-10-16-13(17-12)5-3-4-6-13/h11-12,15H,3-10H2,1-2H3. The molecular formula is C13H25NO3. The molecule has 1 atom stereocenters. The number of nitrogens with zero attached hydrogens (tertiary/aromatic N) is 1. The van der Waals surface area contributed by atoms with E-state index in [1.165, 1.54) is 12.8 Å². The molecule has 1 saturated heterocycles. The van der Waals surface area contributed by atoms with Crippen molar-refractivity contribution in [2.45, 2.75) is 57.5 Å². The first-order valence-corrected chi connectivity index (χ1v) is 6.82. The molecule has 0 bridgehead atoms. The third-order valence-corrected chi connectivity index (χ3v) is 3.83. The van der Waals surface area contributed by atoms with Crippen LogP contribution in [0, 0.1) is 0 Å². The van der Waals surface area contributed by atoms with Gasteiger partial charge in [-0.2, -0.15) is 0 Å². The Morgan fingerprint density at radius 1 is 1.35 bits per heavy atom. The maximum absolute atomic E-state index is 9.05. The van der Waals surface area contributed by atoms with Gasteiger partial charge in [0.1, 0.15) is 0 Å². The van der Waals surface area contributed by atoms with E-state index in [2.05, 4.69) is 18.7 Å². The molecule has 0 amide bonds. The smallest absolute Gasteiger partial charge is 0.168 e. The predicted molar refractivity (Wildman–Crippen MR) is 65.8 cm³/mol. The lowest BCUT2D eigenvalue weighted by atomic mass is 10.2. The van der Waals surface area contributed by atoms with Gasteiger partial charge in [-0.3, -0.25) is 4.90 Å². The van der Waals surface area contributed by atoms with Crippen LogP contribution >= 0.6 is 0 Å². The summed E-state index contributed by atoms with van der Waals surface area (Å²) in [4.78, 5) is 2.25. The van der Waals surface area contributed by atoms with Crippen LogP contribution in [-0.2, 0) is 9.47 Å². The van der Waals surface area contributed by atoms with Crippen LogP contribution in [0.1, 0.15) is 39.5 Å². The minimum Gasteiger partial charge on any atom is -0.395 e. The van der Waals surface area contributed by atoms with Gasteiger partial charge in [-0.05, 0) is 26.7 Å². The molecule has 2 fully saturated rings. The lowest BCUT2D eigenvalue weighted by Gasteiger charge is -2.28. The third-order valence-electron chi connectivity index (χ3n) is 3.83. The van der Waals surface area contributed by atoms with Crippen molar-refractivity contribution in [1.29, 1.82) is 0 Å². The van der Waals surface area contributed by atoms with Crippen molar-refractivity contribution in [1.82, 2.24) is 4.90 Å². The van der Waals surface area contributed by atoms with Crippen LogP contribution in [0.5, 0.6) is 0 Å². The normalized spacial score (nSPS) is 27.7. The van der Waals surface area contributed by atoms with Gasteiger partial charge < -0.3 is 14.6 Å². The van der Waals surface area contributed by atoms with Crippen LogP contribution < -0.4 is 0 Å². The van der Waals surface area contributed by atoms with Gasteiger partial charge in [0, 0.05) is 32.0 Å². The summed E-state index contributed by atoms with van der Waals surface area (Å²) in [6.07, 6.45) is 4.70. The molecule has 4 heteroatoms. The molecule has 1 heterocycles. The van der Waals surface area contributed by atoms with Gasteiger partial charge in [-0.1, -0.05) is 0 Å². The fraction of sp³-hybridized carbons (Fsp3) is 1.00. The van der Waals surface area contributed by atoms with Crippen LogP contribution in [-0.4, -0.2) is 54.2 Å². The summed E-state index contributed by atoms with van der Waals surface area (Å²) in [5, 5.41) is 9.05. The molecule has 4 nitrogen and oxygen atoms in total. The summed E-state index contributed by atoms with van der Waals surface area (Å²) in [5.41, 5.74) is 0. The second kappa shape index (κ2) is 5.65. The van der Waals surface area contributed by atoms with Crippen molar-refractivity contribution in [3.05, 3.63) is 0 Å². The van der Waals surface area contributed by atoms with Gasteiger partial charge in [-0.25, -0.2) is 0 Å². The van der Waals surface area contributed by atoms with Crippen molar-refractivity contribution in [3.63, 3.8) is 0 Å². The number of rotatable bonds is 5.